The van der Waals surface area contributed by atoms with E-state index in [9.17, 15) is 4.79 Å². The summed E-state index contributed by atoms with van der Waals surface area (Å²) in [5, 5.41) is 0. The Morgan fingerprint density at radius 2 is 2.36 bits per heavy atom. The van der Waals surface area contributed by atoms with Gasteiger partial charge in [-0.3, -0.25) is 4.57 Å². The van der Waals surface area contributed by atoms with Gasteiger partial charge >= 0.3 is 5.69 Å². The average molecular weight is 254 g/mol. The Morgan fingerprint density at radius 3 is 2.93 bits per heavy atom. The van der Waals surface area contributed by atoms with Crippen LogP contribution in [0, 0.1) is 0 Å². The lowest BCUT2D eigenvalue weighted by molar-refractivity contribution is 0.758. The molecule has 0 unspecified atom stereocenters. The van der Waals surface area contributed by atoms with Crippen LogP contribution in [-0.4, -0.2) is 14.5 Å². The standard InChI is InChI=1S/C9H8BrN3O/c10-8-2-1-7(5-12-8)6-13-4-3-11-9(13)14/h1-5H,6H2,(H,11,14). The first kappa shape index (κ1) is 9.21. The van der Waals surface area contributed by atoms with Gasteiger partial charge in [0.2, 0.25) is 0 Å². The van der Waals surface area contributed by atoms with Crippen molar-refractivity contribution in [3.8, 4) is 0 Å². The summed E-state index contributed by atoms with van der Waals surface area (Å²) in [6.07, 6.45) is 5.07. The Hall–Kier alpha value is -1.36. The molecule has 2 heterocycles. The summed E-state index contributed by atoms with van der Waals surface area (Å²) in [5.41, 5.74) is 0.891. The lowest BCUT2D eigenvalue weighted by atomic mass is 10.3. The molecule has 0 atom stereocenters. The molecule has 2 aromatic heterocycles. The summed E-state index contributed by atoms with van der Waals surface area (Å²) >= 11 is 3.25. The Labute approximate surface area is 88.7 Å². The second kappa shape index (κ2) is 3.79. The van der Waals surface area contributed by atoms with Gasteiger partial charge in [0, 0.05) is 18.6 Å². The Morgan fingerprint density at radius 1 is 1.50 bits per heavy atom. The highest BCUT2D eigenvalue weighted by atomic mass is 79.9. The maximum Gasteiger partial charge on any atom is 0.325 e. The van der Waals surface area contributed by atoms with Gasteiger partial charge in [0.25, 0.3) is 0 Å². The maximum atomic E-state index is 11.2. The molecule has 0 bridgehead atoms. The van der Waals surface area contributed by atoms with Crippen LogP contribution in [0.5, 0.6) is 0 Å². The molecule has 0 fully saturated rings. The molecule has 0 amide bonds. The number of nitrogens with zero attached hydrogens (tertiary/aromatic N) is 2. The van der Waals surface area contributed by atoms with Crippen LogP contribution in [0.3, 0.4) is 0 Å². The summed E-state index contributed by atoms with van der Waals surface area (Å²) in [6.45, 7) is 0.544. The Kier molecular flexibility index (Phi) is 2.49. The zero-order valence-corrected chi connectivity index (χ0v) is 8.86. The zero-order valence-electron chi connectivity index (χ0n) is 7.27. The largest absolute Gasteiger partial charge is 0.325 e. The third kappa shape index (κ3) is 1.93. The number of aromatic amines is 1. The van der Waals surface area contributed by atoms with E-state index in [4.69, 9.17) is 0 Å². The van der Waals surface area contributed by atoms with Gasteiger partial charge in [-0.25, -0.2) is 9.78 Å². The molecule has 2 rings (SSSR count). The van der Waals surface area contributed by atoms with Crippen LogP contribution in [0.2, 0.25) is 0 Å². The van der Waals surface area contributed by atoms with E-state index in [0.717, 1.165) is 10.2 Å². The molecule has 2 aromatic rings. The molecule has 0 aliphatic carbocycles. The molecule has 0 aliphatic rings. The van der Waals surface area contributed by atoms with Crippen molar-refractivity contribution in [1.29, 1.82) is 0 Å². The monoisotopic (exact) mass is 253 g/mol. The van der Waals surface area contributed by atoms with Crippen molar-refractivity contribution in [3.05, 3.63) is 51.4 Å². The summed E-state index contributed by atoms with van der Waals surface area (Å²) in [7, 11) is 0. The predicted octanol–water partition coefficient (Wildman–Crippen LogP) is 1.38. The minimum Gasteiger partial charge on any atom is -0.313 e. The number of aromatic nitrogens is 3. The molecule has 0 aromatic carbocycles. The van der Waals surface area contributed by atoms with E-state index in [1.54, 1.807) is 23.2 Å². The Balaban J connectivity index is 2.23. The topological polar surface area (TPSA) is 50.7 Å². The molecule has 0 radical (unpaired) electrons. The van der Waals surface area contributed by atoms with E-state index in [-0.39, 0.29) is 5.69 Å². The molecule has 0 saturated carbocycles. The van der Waals surface area contributed by atoms with Crippen molar-refractivity contribution >= 4 is 15.9 Å². The molecule has 14 heavy (non-hydrogen) atoms. The number of hydrogen-bond acceptors (Lipinski definition) is 2. The fraction of sp³-hybridized carbons (Fsp3) is 0.111. The van der Waals surface area contributed by atoms with Crippen molar-refractivity contribution in [2.45, 2.75) is 6.54 Å². The van der Waals surface area contributed by atoms with Gasteiger partial charge < -0.3 is 4.98 Å². The second-order valence-corrected chi connectivity index (χ2v) is 3.69. The summed E-state index contributed by atoms with van der Waals surface area (Å²) in [6, 6.07) is 3.78. The zero-order chi connectivity index (χ0) is 9.97. The van der Waals surface area contributed by atoms with Crippen LogP contribution >= 0.6 is 15.9 Å². The third-order valence-electron chi connectivity index (χ3n) is 1.86. The second-order valence-electron chi connectivity index (χ2n) is 2.88. The van der Waals surface area contributed by atoms with E-state index in [1.807, 2.05) is 12.1 Å². The minimum atomic E-state index is -0.104. The van der Waals surface area contributed by atoms with E-state index >= 15 is 0 Å². The first-order chi connectivity index (χ1) is 6.75. The van der Waals surface area contributed by atoms with Crippen LogP contribution in [0.15, 0.2) is 40.1 Å². The molecular weight excluding hydrogens is 246 g/mol. The molecular formula is C9H8BrN3O. The number of hydrogen-bond donors (Lipinski definition) is 1. The highest BCUT2D eigenvalue weighted by Gasteiger charge is 1.98. The third-order valence-corrected chi connectivity index (χ3v) is 2.33. The molecule has 4 nitrogen and oxygen atoms in total. The summed E-state index contributed by atoms with van der Waals surface area (Å²) in [4.78, 5) is 17.8. The SMILES string of the molecule is O=c1[nH]ccn1Cc1ccc(Br)nc1. The minimum absolute atomic E-state index is 0.104. The van der Waals surface area contributed by atoms with Crippen molar-refractivity contribution in [3.63, 3.8) is 0 Å². The van der Waals surface area contributed by atoms with Crippen LogP contribution in [0.4, 0.5) is 0 Å². The Bertz CT molecular complexity index is 471. The van der Waals surface area contributed by atoms with Crippen LogP contribution < -0.4 is 5.69 Å². The summed E-state index contributed by atoms with van der Waals surface area (Å²) < 4.78 is 2.38. The van der Waals surface area contributed by atoms with E-state index in [0.29, 0.717) is 6.54 Å². The highest BCUT2D eigenvalue weighted by Crippen LogP contribution is 2.06. The van der Waals surface area contributed by atoms with E-state index < -0.39 is 0 Å². The van der Waals surface area contributed by atoms with Crippen molar-refractivity contribution in [1.82, 2.24) is 14.5 Å². The molecule has 72 valence electrons. The number of halogens is 1. The van der Waals surface area contributed by atoms with Gasteiger partial charge in [-0.05, 0) is 27.6 Å². The quantitative estimate of drug-likeness (QED) is 0.823. The molecule has 0 spiro atoms. The van der Waals surface area contributed by atoms with Crippen molar-refractivity contribution in [2.24, 2.45) is 0 Å². The van der Waals surface area contributed by atoms with E-state index in [2.05, 4.69) is 25.9 Å². The van der Waals surface area contributed by atoms with Gasteiger partial charge in [-0.1, -0.05) is 6.07 Å². The van der Waals surface area contributed by atoms with Gasteiger partial charge in [0.05, 0.1) is 6.54 Å². The van der Waals surface area contributed by atoms with Gasteiger partial charge in [-0.2, -0.15) is 0 Å². The number of H-pyrrole nitrogens is 1. The number of nitrogens with one attached hydrogen (secondary N) is 1. The number of rotatable bonds is 2. The smallest absolute Gasteiger partial charge is 0.313 e. The number of pyridine rings is 1. The van der Waals surface area contributed by atoms with Crippen LogP contribution in [0.1, 0.15) is 5.56 Å². The fourth-order valence-corrected chi connectivity index (χ4v) is 1.40. The molecule has 0 saturated heterocycles. The first-order valence-electron chi connectivity index (χ1n) is 4.10. The normalized spacial score (nSPS) is 10.4. The molecule has 5 heteroatoms. The first-order valence-corrected chi connectivity index (χ1v) is 4.89. The number of imidazole rings is 1. The average Bonchev–Trinajstić information content (AvgIpc) is 2.56. The lowest BCUT2D eigenvalue weighted by Gasteiger charge is -2.00. The molecule has 1 N–H and O–H groups in total. The van der Waals surface area contributed by atoms with Crippen molar-refractivity contribution in [2.75, 3.05) is 0 Å². The van der Waals surface area contributed by atoms with Crippen LogP contribution in [-0.2, 0) is 6.54 Å². The molecule has 0 aliphatic heterocycles. The predicted molar refractivity (Wildman–Crippen MR) is 56.1 cm³/mol. The van der Waals surface area contributed by atoms with Crippen molar-refractivity contribution < 1.29 is 0 Å². The van der Waals surface area contributed by atoms with Gasteiger partial charge in [0.1, 0.15) is 4.60 Å². The lowest BCUT2D eigenvalue weighted by Crippen LogP contribution is -2.16. The van der Waals surface area contributed by atoms with Crippen LogP contribution in [0.25, 0.3) is 0 Å². The summed E-state index contributed by atoms with van der Waals surface area (Å²) in [5.74, 6) is 0. The van der Waals surface area contributed by atoms with Gasteiger partial charge in [0.15, 0.2) is 0 Å². The van der Waals surface area contributed by atoms with Gasteiger partial charge in [-0.15, -0.1) is 0 Å². The fourth-order valence-electron chi connectivity index (χ4n) is 1.17. The van der Waals surface area contributed by atoms with E-state index in [1.165, 1.54) is 0 Å². The highest BCUT2D eigenvalue weighted by molar-refractivity contribution is 9.10. The maximum absolute atomic E-state index is 11.2.